The van der Waals surface area contributed by atoms with Crippen molar-refractivity contribution in [2.24, 2.45) is 0 Å². The second kappa shape index (κ2) is 6.20. The van der Waals surface area contributed by atoms with Crippen LogP contribution in [0, 0.1) is 17.0 Å². The van der Waals surface area contributed by atoms with Crippen LogP contribution in [0.1, 0.15) is 12.0 Å². The van der Waals surface area contributed by atoms with E-state index in [2.05, 4.69) is 10.2 Å². The number of rotatable bonds is 6. The van der Waals surface area contributed by atoms with Gasteiger partial charge in [-0.2, -0.15) is 0 Å². The Balaban J connectivity index is 2.83. The fourth-order valence-corrected chi connectivity index (χ4v) is 1.84. The van der Waals surface area contributed by atoms with Gasteiger partial charge in [0.25, 0.3) is 5.69 Å². The fraction of sp³-hybridized carbons (Fsp3) is 0.500. The number of hydrogen-bond acceptors (Lipinski definition) is 4. The van der Waals surface area contributed by atoms with Gasteiger partial charge in [-0.15, -0.1) is 0 Å². The van der Waals surface area contributed by atoms with E-state index in [1.165, 1.54) is 0 Å². The zero-order valence-electron chi connectivity index (χ0n) is 10.6. The van der Waals surface area contributed by atoms with Gasteiger partial charge in [0, 0.05) is 30.9 Å². The van der Waals surface area contributed by atoms with Crippen LogP contribution >= 0.6 is 0 Å². The molecule has 0 amide bonds. The van der Waals surface area contributed by atoms with Gasteiger partial charge in [-0.25, -0.2) is 0 Å². The van der Waals surface area contributed by atoms with Gasteiger partial charge < -0.3 is 10.2 Å². The Morgan fingerprint density at radius 3 is 2.76 bits per heavy atom. The molecule has 0 saturated carbocycles. The van der Waals surface area contributed by atoms with Crippen molar-refractivity contribution in [3.8, 4) is 0 Å². The maximum absolute atomic E-state index is 10.8. The topological polar surface area (TPSA) is 58.4 Å². The monoisotopic (exact) mass is 237 g/mol. The van der Waals surface area contributed by atoms with Crippen molar-refractivity contribution in [3.05, 3.63) is 33.9 Å². The van der Waals surface area contributed by atoms with Gasteiger partial charge in [0.05, 0.1) is 4.92 Å². The molecule has 0 radical (unpaired) electrons. The van der Waals surface area contributed by atoms with E-state index in [1.54, 1.807) is 19.1 Å². The summed E-state index contributed by atoms with van der Waals surface area (Å²) in [6, 6.07) is 5.19. The van der Waals surface area contributed by atoms with E-state index in [4.69, 9.17) is 0 Å². The van der Waals surface area contributed by atoms with Gasteiger partial charge in [-0.3, -0.25) is 10.1 Å². The van der Waals surface area contributed by atoms with Crippen molar-refractivity contribution < 1.29 is 4.92 Å². The highest BCUT2D eigenvalue weighted by Gasteiger charge is 2.15. The normalized spacial score (nSPS) is 10.3. The van der Waals surface area contributed by atoms with E-state index in [9.17, 15) is 10.1 Å². The lowest BCUT2D eigenvalue weighted by Crippen LogP contribution is -2.23. The van der Waals surface area contributed by atoms with Crippen LogP contribution in [-0.4, -0.2) is 32.1 Å². The van der Waals surface area contributed by atoms with Crippen LogP contribution in [0.4, 0.5) is 11.4 Å². The maximum atomic E-state index is 10.8. The molecule has 0 atom stereocenters. The molecule has 1 N–H and O–H groups in total. The molecule has 5 nitrogen and oxygen atoms in total. The highest BCUT2D eigenvalue weighted by Crippen LogP contribution is 2.27. The third kappa shape index (κ3) is 3.42. The van der Waals surface area contributed by atoms with Crippen LogP contribution in [0.25, 0.3) is 0 Å². The molecule has 0 saturated heterocycles. The summed E-state index contributed by atoms with van der Waals surface area (Å²) in [5.41, 5.74) is 1.84. The molecule has 1 rings (SSSR count). The molecule has 0 unspecified atom stereocenters. The van der Waals surface area contributed by atoms with Crippen LogP contribution in [0.15, 0.2) is 18.2 Å². The minimum Gasteiger partial charge on any atom is -0.374 e. The predicted octanol–water partition coefficient (Wildman–Crippen LogP) is 1.95. The third-order valence-corrected chi connectivity index (χ3v) is 2.80. The summed E-state index contributed by atoms with van der Waals surface area (Å²) >= 11 is 0. The first-order valence-corrected chi connectivity index (χ1v) is 5.67. The Morgan fingerprint density at radius 2 is 2.18 bits per heavy atom. The van der Waals surface area contributed by atoms with E-state index in [0.29, 0.717) is 0 Å². The molecule has 94 valence electrons. The number of nitro groups is 1. The van der Waals surface area contributed by atoms with Crippen molar-refractivity contribution in [2.75, 3.05) is 32.1 Å². The quantitative estimate of drug-likeness (QED) is 0.467. The third-order valence-electron chi connectivity index (χ3n) is 2.80. The Bertz CT molecular complexity index is 393. The van der Waals surface area contributed by atoms with Crippen LogP contribution in [0.5, 0.6) is 0 Å². The van der Waals surface area contributed by atoms with E-state index >= 15 is 0 Å². The molecular formula is C12H19N3O2. The second-order valence-corrected chi connectivity index (χ2v) is 4.06. The van der Waals surface area contributed by atoms with E-state index in [-0.39, 0.29) is 10.6 Å². The molecular weight excluding hydrogens is 218 g/mol. The number of hydrogen-bond donors (Lipinski definition) is 1. The minimum atomic E-state index is -0.333. The van der Waals surface area contributed by atoms with Crippen molar-refractivity contribution in [1.29, 1.82) is 0 Å². The SMILES string of the molecule is CNCCCN(C)c1cccc([N+](=O)[O-])c1C. The summed E-state index contributed by atoms with van der Waals surface area (Å²) in [5, 5.41) is 13.9. The fourth-order valence-electron chi connectivity index (χ4n) is 1.84. The highest BCUT2D eigenvalue weighted by molar-refractivity contribution is 5.60. The highest BCUT2D eigenvalue weighted by atomic mass is 16.6. The molecule has 0 heterocycles. The Labute approximate surface area is 102 Å². The zero-order chi connectivity index (χ0) is 12.8. The first-order valence-electron chi connectivity index (χ1n) is 5.67. The van der Waals surface area contributed by atoms with Gasteiger partial charge in [0.15, 0.2) is 0 Å². The summed E-state index contributed by atoms with van der Waals surface area (Å²) in [4.78, 5) is 12.6. The zero-order valence-corrected chi connectivity index (χ0v) is 10.6. The summed E-state index contributed by atoms with van der Waals surface area (Å²) in [5.74, 6) is 0. The summed E-state index contributed by atoms with van der Waals surface area (Å²) in [6.45, 7) is 3.61. The Hall–Kier alpha value is -1.62. The molecule has 0 spiro atoms. The van der Waals surface area contributed by atoms with Crippen molar-refractivity contribution in [3.63, 3.8) is 0 Å². The lowest BCUT2D eigenvalue weighted by Gasteiger charge is -2.21. The number of benzene rings is 1. The first kappa shape index (κ1) is 13.4. The molecule has 0 bridgehead atoms. The molecule has 0 aliphatic carbocycles. The van der Waals surface area contributed by atoms with Crippen molar-refractivity contribution in [1.82, 2.24) is 5.32 Å². The van der Waals surface area contributed by atoms with Gasteiger partial charge in [0.1, 0.15) is 0 Å². The van der Waals surface area contributed by atoms with Gasteiger partial charge in [-0.1, -0.05) is 6.07 Å². The largest absolute Gasteiger partial charge is 0.374 e. The average molecular weight is 237 g/mol. The van der Waals surface area contributed by atoms with Crippen LogP contribution in [0.3, 0.4) is 0 Å². The average Bonchev–Trinajstić information content (AvgIpc) is 2.29. The van der Waals surface area contributed by atoms with Gasteiger partial charge in [0.2, 0.25) is 0 Å². The molecule has 0 fully saturated rings. The van der Waals surface area contributed by atoms with E-state index < -0.39 is 0 Å². The molecule has 1 aromatic carbocycles. The Morgan fingerprint density at radius 1 is 1.47 bits per heavy atom. The van der Waals surface area contributed by atoms with Crippen molar-refractivity contribution in [2.45, 2.75) is 13.3 Å². The number of nitrogens with zero attached hydrogens (tertiary/aromatic N) is 2. The molecule has 0 aliphatic heterocycles. The van der Waals surface area contributed by atoms with Crippen LogP contribution in [-0.2, 0) is 0 Å². The second-order valence-electron chi connectivity index (χ2n) is 4.06. The van der Waals surface area contributed by atoms with Gasteiger partial charge >= 0.3 is 0 Å². The molecule has 1 aromatic rings. The van der Waals surface area contributed by atoms with E-state index in [1.807, 2.05) is 20.2 Å². The summed E-state index contributed by atoms with van der Waals surface area (Å²) in [6.07, 6.45) is 1.01. The lowest BCUT2D eigenvalue weighted by molar-refractivity contribution is -0.385. The molecule has 0 aromatic heterocycles. The van der Waals surface area contributed by atoms with E-state index in [0.717, 1.165) is 30.8 Å². The lowest BCUT2D eigenvalue weighted by atomic mass is 10.1. The first-order chi connectivity index (χ1) is 8.07. The van der Waals surface area contributed by atoms with Crippen LogP contribution in [0.2, 0.25) is 0 Å². The summed E-state index contributed by atoms with van der Waals surface area (Å²) < 4.78 is 0. The van der Waals surface area contributed by atoms with Gasteiger partial charge in [-0.05, 0) is 33.0 Å². The predicted molar refractivity (Wildman–Crippen MR) is 69.6 cm³/mol. The molecule has 0 aliphatic rings. The number of nitrogens with one attached hydrogen (secondary N) is 1. The van der Waals surface area contributed by atoms with Crippen molar-refractivity contribution >= 4 is 11.4 Å². The summed E-state index contributed by atoms with van der Waals surface area (Å²) in [7, 11) is 3.88. The standard InChI is InChI=1S/C12H19N3O2/c1-10-11(14(3)9-5-8-13-2)6-4-7-12(10)15(16)17/h4,6-7,13H,5,8-9H2,1-3H3. The van der Waals surface area contributed by atoms with Crippen LogP contribution < -0.4 is 10.2 Å². The smallest absolute Gasteiger partial charge is 0.274 e. The maximum Gasteiger partial charge on any atom is 0.274 e. The Kier molecular flexibility index (Phi) is 4.90. The molecule has 17 heavy (non-hydrogen) atoms. The number of anilines is 1. The number of nitro benzene ring substituents is 1. The molecule has 5 heteroatoms. The minimum absolute atomic E-state index is 0.183.